The second-order valence-corrected chi connectivity index (χ2v) is 4.03. The second kappa shape index (κ2) is 3.42. The van der Waals surface area contributed by atoms with Crippen LogP contribution in [0.3, 0.4) is 0 Å². The SMILES string of the molecule is CC(C)c1ccc2c(N)c(N)ccc2n1. The molecule has 0 spiro atoms. The van der Waals surface area contributed by atoms with Gasteiger partial charge in [-0.3, -0.25) is 4.98 Å². The number of rotatable bonds is 1. The maximum absolute atomic E-state index is 5.88. The van der Waals surface area contributed by atoms with Crippen molar-refractivity contribution >= 4 is 22.3 Å². The van der Waals surface area contributed by atoms with Crippen LogP contribution in [0.1, 0.15) is 25.5 Å². The van der Waals surface area contributed by atoms with Gasteiger partial charge >= 0.3 is 0 Å². The van der Waals surface area contributed by atoms with Gasteiger partial charge in [-0.1, -0.05) is 13.8 Å². The third kappa shape index (κ3) is 1.61. The van der Waals surface area contributed by atoms with Crippen LogP contribution in [-0.4, -0.2) is 4.98 Å². The van der Waals surface area contributed by atoms with E-state index in [1.807, 2.05) is 18.2 Å². The summed E-state index contributed by atoms with van der Waals surface area (Å²) in [6.07, 6.45) is 0. The summed E-state index contributed by atoms with van der Waals surface area (Å²) in [5.41, 5.74) is 14.8. The zero-order valence-electron chi connectivity index (χ0n) is 8.99. The lowest BCUT2D eigenvalue weighted by atomic mass is 10.1. The lowest BCUT2D eigenvalue weighted by molar-refractivity contribution is 0.830. The van der Waals surface area contributed by atoms with Crippen LogP contribution >= 0.6 is 0 Å². The van der Waals surface area contributed by atoms with Gasteiger partial charge in [0.1, 0.15) is 0 Å². The van der Waals surface area contributed by atoms with E-state index in [1.165, 1.54) is 0 Å². The van der Waals surface area contributed by atoms with E-state index in [0.717, 1.165) is 16.6 Å². The Balaban J connectivity index is 2.70. The highest BCUT2D eigenvalue weighted by Gasteiger charge is 2.05. The van der Waals surface area contributed by atoms with Crippen molar-refractivity contribution in [2.75, 3.05) is 11.5 Å². The van der Waals surface area contributed by atoms with Gasteiger partial charge in [0.25, 0.3) is 0 Å². The minimum absolute atomic E-state index is 0.424. The zero-order chi connectivity index (χ0) is 11.0. The van der Waals surface area contributed by atoms with Gasteiger partial charge in [-0.25, -0.2) is 0 Å². The predicted octanol–water partition coefficient (Wildman–Crippen LogP) is 2.52. The van der Waals surface area contributed by atoms with Gasteiger partial charge in [0, 0.05) is 11.1 Å². The molecule has 15 heavy (non-hydrogen) atoms. The zero-order valence-corrected chi connectivity index (χ0v) is 8.99. The molecule has 3 heteroatoms. The highest BCUT2D eigenvalue weighted by molar-refractivity contribution is 5.96. The number of benzene rings is 1. The third-order valence-corrected chi connectivity index (χ3v) is 2.56. The number of fused-ring (bicyclic) bond motifs is 1. The smallest absolute Gasteiger partial charge is 0.0727 e. The normalized spacial score (nSPS) is 11.1. The van der Waals surface area contributed by atoms with E-state index in [9.17, 15) is 0 Å². The van der Waals surface area contributed by atoms with Crippen molar-refractivity contribution in [1.82, 2.24) is 4.98 Å². The summed E-state index contributed by atoms with van der Waals surface area (Å²) < 4.78 is 0. The summed E-state index contributed by atoms with van der Waals surface area (Å²) >= 11 is 0. The van der Waals surface area contributed by atoms with Gasteiger partial charge < -0.3 is 11.5 Å². The molecule has 0 saturated heterocycles. The maximum atomic E-state index is 5.88. The van der Waals surface area contributed by atoms with Crippen LogP contribution in [0.25, 0.3) is 10.9 Å². The van der Waals surface area contributed by atoms with Gasteiger partial charge in [0.2, 0.25) is 0 Å². The molecule has 1 aromatic carbocycles. The molecule has 0 atom stereocenters. The van der Waals surface area contributed by atoms with Crippen LogP contribution in [0, 0.1) is 0 Å². The highest BCUT2D eigenvalue weighted by Crippen LogP contribution is 2.26. The Morgan fingerprint density at radius 1 is 1.07 bits per heavy atom. The average Bonchev–Trinajstić information content (AvgIpc) is 2.23. The fraction of sp³-hybridized carbons (Fsp3) is 0.250. The first-order valence-electron chi connectivity index (χ1n) is 5.04. The third-order valence-electron chi connectivity index (χ3n) is 2.56. The number of nitrogens with zero attached hydrogens (tertiary/aromatic N) is 1. The van der Waals surface area contributed by atoms with E-state index in [1.54, 1.807) is 6.07 Å². The Labute approximate surface area is 89.1 Å². The quantitative estimate of drug-likeness (QED) is 0.697. The van der Waals surface area contributed by atoms with E-state index < -0.39 is 0 Å². The molecule has 0 unspecified atom stereocenters. The fourth-order valence-electron chi connectivity index (χ4n) is 1.58. The van der Waals surface area contributed by atoms with E-state index in [4.69, 9.17) is 11.5 Å². The van der Waals surface area contributed by atoms with Crippen molar-refractivity contribution in [3.05, 3.63) is 30.0 Å². The Morgan fingerprint density at radius 3 is 2.47 bits per heavy atom. The molecule has 1 aromatic heterocycles. The number of aromatic nitrogens is 1. The van der Waals surface area contributed by atoms with Crippen molar-refractivity contribution in [2.24, 2.45) is 0 Å². The standard InChI is InChI=1S/C12H15N3/c1-7(2)10-5-3-8-11(15-10)6-4-9(13)12(8)14/h3-7H,13-14H2,1-2H3. The highest BCUT2D eigenvalue weighted by atomic mass is 14.7. The van der Waals surface area contributed by atoms with Gasteiger partial charge in [-0.2, -0.15) is 0 Å². The Hall–Kier alpha value is -1.77. The Bertz CT molecular complexity index is 503. The van der Waals surface area contributed by atoms with E-state index in [0.29, 0.717) is 17.3 Å². The molecule has 3 nitrogen and oxygen atoms in total. The van der Waals surface area contributed by atoms with Gasteiger partial charge in [0.15, 0.2) is 0 Å². The number of hydrogen-bond acceptors (Lipinski definition) is 3. The predicted molar refractivity (Wildman–Crippen MR) is 64.7 cm³/mol. The average molecular weight is 201 g/mol. The molecule has 4 N–H and O–H groups in total. The van der Waals surface area contributed by atoms with Crippen LogP contribution in [0.15, 0.2) is 24.3 Å². The molecular formula is C12H15N3. The van der Waals surface area contributed by atoms with E-state index >= 15 is 0 Å². The Kier molecular flexibility index (Phi) is 2.23. The molecule has 2 aromatic rings. The topological polar surface area (TPSA) is 64.9 Å². The first kappa shape index (κ1) is 9.77. The fourth-order valence-corrected chi connectivity index (χ4v) is 1.58. The molecule has 0 aliphatic rings. The molecule has 0 bridgehead atoms. The van der Waals surface area contributed by atoms with Crippen molar-refractivity contribution in [1.29, 1.82) is 0 Å². The van der Waals surface area contributed by atoms with Gasteiger partial charge in [0.05, 0.1) is 16.9 Å². The van der Waals surface area contributed by atoms with Crippen LogP contribution in [-0.2, 0) is 0 Å². The molecule has 0 saturated carbocycles. The summed E-state index contributed by atoms with van der Waals surface area (Å²) in [7, 11) is 0. The summed E-state index contributed by atoms with van der Waals surface area (Å²) in [5, 5.41) is 0.930. The summed E-state index contributed by atoms with van der Waals surface area (Å²) in [4.78, 5) is 4.54. The van der Waals surface area contributed by atoms with E-state index in [2.05, 4.69) is 18.8 Å². The van der Waals surface area contributed by atoms with Gasteiger partial charge in [-0.05, 0) is 30.2 Å². The Morgan fingerprint density at radius 2 is 1.80 bits per heavy atom. The molecule has 0 aliphatic carbocycles. The van der Waals surface area contributed by atoms with Crippen LogP contribution in [0.2, 0.25) is 0 Å². The monoisotopic (exact) mass is 201 g/mol. The van der Waals surface area contributed by atoms with Crippen molar-refractivity contribution in [3.63, 3.8) is 0 Å². The molecule has 78 valence electrons. The molecule has 0 amide bonds. The van der Waals surface area contributed by atoms with Crippen LogP contribution < -0.4 is 11.5 Å². The number of anilines is 2. The van der Waals surface area contributed by atoms with Crippen LogP contribution in [0.4, 0.5) is 11.4 Å². The van der Waals surface area contributed by atoms with E-state index in [-0.39, 0.29) is 0 Å². The van der Waals surface area contributed by atoms with Crippen molar-refractivity contribution in [2.45, 2.75) is 19.8 Å². The lowest BCUT2D eigenvalue weighted by Gasteiger charge is -2.08. The minimum atomic E-state index is 0.424. The molecule has 2 rings (SSSR count). The first-order valence-corrected chi connectivity index (χ1v) is 5.04. The molecule has 0 radical (unpaired) electrons. The summed E-state index contributed by atoms with van der Waals surface area (Å²) in [6, 6.07) is 7.70. The molecule has 0 aliphatic heterocycles. The van der Waals surface area contributed by atoms with Crippen LogP contribution in [0.5, 0.6) is 0 Å². The number of nitrogens with two attached hydrogens (primary N) is 2. The largest absolute Gasteiger partial charge is 0.397 e. The summed E-state index contributed by atoms with van der Waals surface area (Å²) in [5.74, 6) is 0.424. The molecular weight excluding hydrogens is 186 g/mol. The number of nitrogen functional groups attached to an aromatic ring is 2. The molecule has 1 heterocycles. The first-order chi connectivity index (χ1) is 7.09. The summed E-state index contributed by atoms with van der Waals surface area (Å²) in [6.45, 7) is 4.24. The van der Waals surface area contributed by atoms with Crippen molar-refractivity contribution < 1.29 is 0 Å². The second-order valence-electron chi connectivity index (χ2n) is 4.03. The molecule has 0 fully saturated rings. The minimum Gasteiger partial charge on any atom is -0.397 e. The number of pyridine rings is 1. The number of hydrogen-bond donors (Lipinski definition) is 2. The maximum Gasteiger partial charge on any atom is 0.0727 e. The lowest BCUT2D eigenvalue weighted by Crippen LogP contribution is -1.98. The van der Waals surface area contributed by atoms with Crippen molar-refractivity contribution in [3.8, 4) is 0 Å². The van der Waals surface area contributed by atoms with Gasteiger partial charge in [-0.15, -0.1) is 0 Å².